The molecule has 0 aromatic heterocycles. The van der Waals surface area contributed by atoms with E-state index in [1.54, 1.807) is 13.8 Å². The van der Waals surface area contributed by atoms with E-state index in [0.717, 1.165) is 0 Å². The monoisotopic (exact) mass is 133 g/mol. The molecule has 3 nitrogen and oxygen atoms in total. The van der Waals surface area contributed by atoms with Crippen LogP contribution in [0.4, 0.5) is 0 Å². The molecule has 0 radical (unpaired) electrons. The predicted molar refractivity (Wildman–Crippen MR) is 35.9 cm³/mol. The summed E-state index contributed by atoms with van der Waals surface area (Å²) in [6.07, 6.45) is 0. The zero-order valence-electron chi connectivity index (χ0n) is 5.96. The van der Waals surface area contributed by atoms with Gasteiger partial charge in [-0.05, 0) is 6.92 Å². The molecule has 0 heterocycles. The number of rotatable bonds is 3. The Kier molecular flexibility index (Phi) is 3.11. The van der Waals surface area contributed by atoms with Crippen molar-refractivity contribution in [1.82, 2.24) is 0 Å². The van der Waals surface area contributed by atoms with Gasteiger partial charge in [0.2, 0.25) is 0 Å². The zero-order valence-corrected chi connectivity index (χ0v) is 5.96. The third-order valence-electron chi connectivity index (χ3n) is 1.75. The van der Waals surface area contributed by atoms with Crippen molar-refractivity contribution in [1.29, 1.82) is 0 Å². The molecule has 0 aliphatic carbocycles. The maximum Gasteiger partial charge on any atom is 0.0788 e. The first kappa shape index (κ1) is 8.88. The number of aliphatic hydroxyl groups excluding tert-OH is 1. The predicted octanol–water partition coefficient (Wildman–Crippen LogP) is -0.676. The third kappa shape index (κ3) is 2.30. The Morgan fingerprint density at radius 3 is 2.22 bits per heavy atom. The van der Waals surface area contributed by atoms with Crippen molar-refractivity contribution < 1.29 is 10.2 Å². The Bertz CT molecular complexity index is 83.1. The number of nitrogens with two attached hydrogens (primary N) is 1. The van der Waals surface area contributed by atoms with Crippen LogP contribution < -0.4 is 5.73 Å². The number of aliphatic hydroxyl groups is 2. The summed E-state index contributed by atoms with van der Waals surface area (Å²) >= 11 is 0. The molecule has 0 aromatic carbocycles. The van der Waals surface area contributed by atoms with Gasteiger partial charge in [-0.3, -0.25) is 0 Å². The molecule has 4 N–H and O–H groups in total. The van der Waals surface area contributed by atoms with Crippen molar-refractivity contribution in [2.75, 3.05) is 13.2 Å². The topological polar surface area (TPSA) is 66.5 Å². The summed E-state index contributed by atoms with van der Waals surface area (Å²) in [5, 5.41) is 17.9. The summed E-state index contributed by atoms with van der Waals surface area (Å²) in [7, 11) is 0. The molecule has 0 aliphatic heterocycles. The van der Waals surface area contributed by atoms with Crippen LogP contribution in [0.1, 0.15) is 13.8 Å². The summed E-state index contributed by atoms with van der Waals surface area (Å²) in [6, 6.07) is 0. The van der Waals surface area contributed by atoms with E-state index in [0.29, 0.717) is 0 Å². The van der Waals surface area contributed by atoms with Gasteiger partial charge in [0.15, 0.2) is 0 Å². The van der Waals surface area contributed by atoms with Gasteiger partial charge in [-0.25, -0.2) is 0 Å². The van der Waals surface area contributed by atoms with Crippen LogP contribution in [0.15, 0.2) is 0 Å². The van der Waals surface area contributed by atoms with Crippen LogP contribution in [-0.2, 0) is 0 Å². The fraction of sp³-hybridized carbons (Fsp3) is 1.00. The molecular weight excluding hydrogens is 118 g/mol. The van der Waals surface area contributed by atoms with E-state index >= 15 is 0 Å². The standard InChI is InChI=1S/C6H15NO2/c1-5(3-8)6(2,9)4-7/h5,8-9H,3-4,7H2,1-2H3/t5-,6-/m1/s1. The Labute approximate surface area is 55.5 Å². The van der Waals surface area contributed by atoms with Crippen molar-refractivity contribution in [2.24, 2.45) is 11.7 Å². The molecule has 0 bridgehead atoms. The Balaban J connectivity index is 3.80. The van der Waals surface area contributed by atoms with Crippen LogP contribution in [0.3, 0.4) is 0 Å². The van der Waals surface area contributed by atoms with Gasteiger partial charge in [0.1, 0.15) is 0 Å². The van der Waals surface area contributed by atoms with Crippen molar-refractivity contribution in [2.45, 2.75) is 19.4 Å². The van der Waals surface area contributed by atoms with E-state index in [1.165, 1.54) is 0 Å². The van der Waals surface area contributed by atoms with Crippen LogP contribution in [0, 0.1) is 5.92 Å². The zero-order chi connectivity index (χ0) is 7.49. The first-order valence-electron chi connectivity index (χ1n) is 3.08. The fourth-order valence-electron chi connectivity index (χ4n) is 0.398. The minimum Gasteiger partial charge on any atom is -0.396 e. The molecule has 3 heteroatoms. The second-order valence-electron chi connectivity index (χ2n) is 2.64. The maximum absolute atomic E-state index is 9.31. The lowest BCUT2D eigenvalue weighted by Gasteiger charge is -2.26. The van der Waals surface area contributed by atoms with Crippen molar-refractivity contribution in [3.05, 3.63) is 0 Å². The largest absolute Gasteiger partial charge is 0.396 e. The molecule has 0 amide bonds. The van der Waals surface area contributed by atoms with E-state index in [9.17, 15) is 5.11 Å². The highest BCUT2D eigenvalue weighted by atomic mass is 16.3. The first-order valence-corrected chi connectivity index (χ1v) is 3.08. The SMILES string of the molecule is C[C@H](CO)[C@](C)(O)CN. The van der Waals surface area contributed by atoms with Crippen molar-refractivity contribution in [3.63, 3.8) is 0 Å². The molecule has 0 saturated heterocycles. The summed E-state index contributed by atoms with van der Waals surface area (Å²) in [4.78, 5) is 0. The molecule has 9 heavy (non-hydrogen) atoms. The smallest absolute Gasteiger partial charge is 0.0788 e. The van der Waals surface area contributed by atoms with E-state index in [2.05, 4.69) is 0 Å². The van der Waals surface area contributed by atoms with Gasteiger partial charge >= 0.3 is 0 Å². The fourth-order valence-corrected chi connectivity index (χ4v) is 0.398. The highest BCUT2D eigenvalue weighted by molar-refractivity contribution is 4.78. The van der Waals surface area contributed by atoms with Crippen LogP contribution >= 0.6 is 0 Å². The molecular formula is C6H15NO2. The van der Waals surface area contributed by atoms with Crippen LogP contribution in [0.5, 0.6) is 0 Å². The Morgan fingerprint density at radius 2 is 2.11 bits per heavy atom. The van der Waals surface area contributed by atoms with E-state index in [1.807, 2.05) is 0 Å². The summed E-state index contributed by atoms with van der Waals surface area (Å²) < 4.78 is 0. The average molecular weight is 133 g/mol. The average Bonchev–Trinajstić information content (AvgIpc) is 1.86. The summed E-state index contributed by atoms with van der Waals surface area (Å²) in [6.45, 7) is 3.54. The van der Waals surface area contributed by atoms with Crippen LogP contribution in [0.25, 0.3) is 0 Å². The molecule has 0 spiro atoms. The Morgan fingerprint density at radius 1 is 1.67 bits per heavy atom. The van der Waals surface area contributed by atoms with Gasteiger partial charge in [0.05, 0.1) is 5.60 Å². The maximum atomic E-state index is 9.31. The van der Waals surface area contributed by atoms with Gasteiger partial charge in [0.25, 0.3) is 0 Å². The quantitative estimate of drug-likeness (QED) is 0.478. The second-order valence-corrected chi connectivity index (χ2v) is 2.64. The summed E-state index contributed by atoms with van der Waals surface area (Å²) in [5.74, 6) is -0.150. The number of hydrogen-bond acceptors (Lipinski definition) is 3. The Hall–Kier alpha value is -0.120. The highest BCUT2D eigenvalue weighted by Crippen LogP contribution is 2.13. The van der Waals surface area contributed by atoms with Gasteiger partial charge in [-0.2, -0.15) is 0 Å². The molecule has 0 aliphatic rings. The van der Waals surface area contributed by atoms with Gasteiger partial charge < -0.3 is 15.9 Å². The molecule has 56 valence electrons. The highest BCUT2D eigenvalue weighted by Gasteiger charge is 2.25. The normalized spacial score (nSPS) is 21.0. The molecule has 0 unspecified atom stereocenters. The molecule has 2 atom stereocenters. The lowest BCUT2D eigenvalue weighted by atomic mass is 9.92. The van der Waals surface area contributed by atoms with E-state index in [-0.39, 0.29) is 19.1 Å². The third-order valence-corrected chi connectivity index (χ3v) is 1.75. The van der Waals surface area contributed by atoms with Gasteiger partial charge in [-0.15, -0.1) is 0 Å². The van der Waals surface area contributed by atoms with Crippen LogP contribution in [-0.4, -0.2) is 29.0 Å². The minimum atomic E-state index is -0.922. The summed E-state index contributed by atoms with van der Waals surface area (Å²) in [5.41, 5.74) is 4.30. The van der Waals surface area contributed by atoms with Gasteiger partial charge in [0, 0.05) is 19.1 Å². The molecule has 0 rings (SSSR count). The first-order chi connectivity index (χ1) is 4.04. The molecule has 0 fully saturated rings. The lowest BCUT2D eigenvalue weighted by molar-refractivity contribution is -0.00824. The molecule has 0 saturated carbocycles. The van der Waals surface area contributed by atoms with Gasteiger partial charge in [-0.1, -0.05) is 6.92 Å². The molecule has 0 aromatic rings. The minimum absolute atomic E-state index is 0.0236. The second kappa shape index (κ2) is 3.15. The van der Waals surface area contributed by atoms with E-state index < -0.39 is 5.60 Å². The van der Waals surface area contributed by atoms with Crippen LogP contribution in [0.2, 0.25) is 0 Å². The van der Waals surface area contributed by atoms with Crippen molar-refractivity contribution >= 4 is 0 Å². The van der Waals surface area contributed by atoms with E-state index in [4.69, 9.17) is 10.8 Å². The lowest BCUT2D eigenvalue weighted by Crippen LogP contribution is -2.42. The number of hydrogen-bond donors (Lipinski definition) is 3. The van der Waals surface area contributed by atoms with Crippen molar-refractivity contribution in [3.8, 4) is 0 Å².